The highest BCUT2D eigenvalue weighted by Crippen LogP contribution is 2.50. The van der Waals surface area contributed by atoms with Crippen LogP contribution in [0.4, 0.5) is 0 Å². The zero-order valence-electron chi connectivity index (χ0n) is 21.3. The number of rotatable bonds is 6. The maximum Gasteiger partial charge on any atom is 0.333 e. The Morgan fingerprint density at radius 3 is 2.29 bits per heavy atom. The molecule has 1 fully saturated rings. The standard InChI is InChI=1S/C27H34O8/c1-7-14(2)26(28)35-24-17-12-22(32-5)21(31-4)11-16(17)23-15(8-9-20(30-3)25(23)33-6)10-18-19(24)13-34-27(18)29/h7,18-19,24H,8-13H2,1-6H3/b14-7-/t18-,19+,24-/m1/s1. The van der Waals surface area contributed by atoms with Crippen LogP contribution in [0.25, 0.3) is 0 Å². The highest BCUT2D eigenvalue weighted by molar-refractivity contribution is 5.88. The van der Waals surface area contributed by atoms with Crippen LogP contribution in [0, 0.1) is 11.8 Å². The molecule has 35 heavy (non-hydrogen) atoms. The fourth-order valence-electron chi connectivity index (χ4n) is 5.53. The Balaban J connectivity index is 1.96. The van der Waals surface area contributed by atoms with Crippen LogP contribution >= 0.6 is 0 Å². The summed E-state index contributed by atoms with van der Waals surface area (Å²) in [6, 6.07) is 0. The number of hydrogen-bond acceptors (Lipinski definition) is 8. The minimum absolute atomic E-state index is 0.204. The molecule has 1 heterocycles. The van der Waals surface area contributed by atoms with Crippen molar-refractivity contribution in [3.63, 3.8) is 0 Å². The largest absolute Gasteiger partial charge is 0.497 e. The summed E-state index contributed by atoms with van der Waals surface area (Å²) in [4.78, 5) is 25.9. The molecule has 0 aromatic heterocycles. The van der Waals surface area contributed by atoms with Crippen LogP contribution in [0.5, 0.6) is 0 Å². The number of fused-ring (bicyclic) bond motifs is 2. The van der Waals surface area contributed by atoms with Gasteiger partial charge in [-0.2, -0.15) is 0 Å². The highest BCUT2D eigenvalue weighted by Gasteiger charge is 2.49. The first-order chi connectivity index (χ1) is 16.9. The normalized spacial score (nSPS) is 26.9. The molecular formula is C27H34O8. The first-order valence-electron chi connectivity index (χ1n) is 11.9. The van der Waals surface area contributed by atoms with Crippen LogP contribution in [0.1, 0.15) is 46.0 Å². The lowest BCUT2D eigenvalue weighted by molar-refractivity contribution is -0.146. The smallest absolute Gasteiger partial charge is 0.333 e. The van der Waals surface area contributed by atoms with Crippen molar-refractivity contribution in [3.05, 3.63) is 57.0 Å². The summed E-state index contributed by atoms with van der Waals surface area (Å²) in [6.07, 6.45) is 3.83. The number of allylic oxidation sites excluding steroid dienone is 6. The molecule has 0 radical (unpaired) electrons. The third kappa shape index (κ3) is 4.34. The number of hydrogen-bond donors (Lipinski definition) is 0. The van der Waals surface area contributed by atoms with Gasteiger partial charge in [0.25, 0.3) is 0 Å². The number of cyclic esters (lactones) is 1. The maximum atomic E-state index is 13.0. The molecule has 0 bridgehead atoms. The summed E-state index contributed by atoms with van der Waals surface area (Å²) in [6.45, 7) is 3.72. The second kappa shape index (κ2) is 10.2. The van der Waals surface area contributed by atoms with Crippen molar-refractivity contribution < 1.29 is 38.0 Å². The van der Waals surface area contributed by atoms with E-state index < -0.39 is 18.0 Å². The first kappa shape index (κ1) is 24.9. The first-order valence-corrected chi connectivity index (χ1v) is 11.9. The fourth-order valence-corrected chi connectivity index (χ4v) is 5.53. The second-order valence-electron chi connectivity index (χ2n) is 9.15. The second-order valence-corrected chi connectivity index (χ2v) is 9.15. The molecule has 0 amide bonds. The molecule has 0 spiro atoms. The van der Waals surface area contributed by atoms with E-state index in [1.54, 1.807) is 48.4 Å². The Kier molecular flexibility index (Phi) is 7.28. The summed E-state index contributed by atoms with van der Waals surface area (Å²) >= 11 is 0. The molecule has 0 aromatic carbocycles. The van der Waals surface area contributed by atoms with Gasteiger partial charge < -0.3 is 28.4 Å². The van der Waals surface area contributed by atoms with Crippen LogP contribution in [0.2, 0.25) is 0 Å². The highest BCUT2D eigenvalue weighted by atomic mass is 16.6. The van der Waals surface area contributed by atoms with Gasteiger partial charge >= 0.3 is 11.9 Å². The van der Waals surface area contributed by atoms with Crippen LogP contribution in [-0.4, -0.2) is 53.1 Å². The van der Waals surface area contributed by atoms with E-state index in [2.05, 4.69) is 0 Å². The number of esters is 2. The maximum absolute atomic E-state index is 13.0. The van der Waals surface area contributed by atoms with Crippen molar-refractivity contribution in [1.82, 2.24) is 0 Å². The monoisotopic (exact) mass is 486 g/mol. The van der Waals surface area contributed by atoms with Crippen LogP contribution in [-0.2, 0) is 38.0 Å². The van der Waals surface area contributed by atoms with Crippen LogP contribution in [0.3, 0.4) is 0 Å². The van der Waals surface area contributed by atoms with Crippen molar-refractivity contribution >= 4 is 11.9 Å². The Morgan fingerprint density at radius 1 is 0.971 bits per heavy atom. The molecule has 0 saturated carbocycles. The molecule has 0 N–H and O–H groups in total. The fraction of sp³-hybridized carbons (Fsp3) is 0.556. The third-order valence-corrected chi connectivity index (χ3v) is 7.55. The summed E-state index contributed by atoms with van der Waals surface area (Å²) < 4.78 is 34.6. The van der Waals surface area contributed by atoms with Gasteiger partial charge in [0.2, 0.25) is 0 Å². The van der Waals surface area contributed by atoms with E-state index >= 15 is 0 Å². The Labute approximate surface area is 206 Å². The van der Waals surface area contributed by atoms with E-state index in [-0.39, 0.29) is 18.5 Å². The Bertz CT molecular complexity index is 1070. The van der Waals surface area contributed by atoms with Crippen LogP contribution < -0.4 is 0 Å². The minimum atomic E-state index is -0.660. The number of carbonyl (C=O) groups excluding carboxylic acids is 2. The van der Waals surface area contributed by atoms with Crippen molar-refractivity contribution in [2.45, 2.75) is 52.1 Å². The van der Waals surface area contributed by atoms with Gasteiger partial charge in [-0.25, -0.2) is 4.79 Å². The predicted molar refractivity (Wildman–Crippen MR) is 126 cm³/mol. The van der Waals surface area contributed by atoms with E-state index in [0.717, 1.165) is 34.5 Å². The molecule has 1 saturated heterocycles. The molecule has 0 aromatic rings. The van der Waals surface area contributed by atoms with E-state index in [1.165, 1.54) is 0 Å². The molecule has 3 atom stereocenters. The molecule has 3 aliphatic carbocycles. The van der Waals surface area contributed by atoms with E-state index in [0.29, 0.717) is 48.5 Å². The van der Waals surface area contributed by atoms with Crippen LogP contribution in [0.15, 0.2) is 57.0 Å². The van der Waals surface area contributed by atoms with Gasteiger partial charge in [-0.3, -0.25) is 4.79 Å². The minimum Gasteiger partial charge on any atom is -0.497 e. The van der Waals surface area contributed by atoms with Gasteiger partial charge in [-0.05, 0) is 37.8 Å². The SMILES string of the molecule is C/C=C(/C)C(=O)O[C@@H]1C2=C(CC(OC)=C(OC)C2)C2=C(CCC(OC)=C2OC)C[C@H]2C(=O)OC[C@H]12. The zero-order valence-corrected chi connectivity index (χ0v) is 21.3. The van der Waals surface area contributed by atoms with Crippen molar-refractivity contribution in [1.29, 1.82) is 0 Å². The molecule has 8 nitrogen and oxygen atoms in total. The Hall–Kier alpha value is -3.16. The molecule has 1 aliphatic heterocycles. The van der Waals surface area contributed by atoms with Gasteiger partial charge in [-0.15, -0.1) is 0 Å². The number of ether oxygens (including phenoxy) is 6. The van der Waals surface area contributed by atoms with Gasteiger partial charge in [0.1, 0.15) is 23.4 Å². The average molecular weight is 487 g/mol. The molecule has 8 heteroatoms. The van der Waals surface area contributed by atoms with Gasteiger partial charge in [-0.1, -0.05) is 11.6 Å². The van der Waals surface area contributed by atoms with Crippen molar-refractivity contribution in [2.75, 3.05) is 35.0 Å². The number of methoxy groups -OCH3 is 4. The van der Waals surface area contributed by atoms with E-state index in [1.807, 2.05) is 0 Å². The topological polar surface area (TPSA) is 89.5 Å². The lowest BCUT2D eigenvalue weighted by Crippen LogP contribution is -2.38. The molecular weight excluding hydrogens is 452 g/mol. The summed E-state index contributed by atoms with van der Waals surface area (Å²) in [7, 11) is 6.49. The van der Waals surface area contributed by atoms with E-state index in [9.17, 15) is 9.59 Å². The lowest BCUT2D eigenvalue weighted by Gasteiger charge is -2.38. The van der Waals surface area contributed by atoms with Gasteiger partial charge in [0.15, 0.2) is 5.76 Å². The van der Waals surface area contributed by atoms with Crippen molar-refractivity contribution in [2.24, 2.45) is 11.8 Å². The third-order valence-electron chi connectivity index (χ3n) is 7.55. The summed E-state index contributed by atoms with van der Waals surface area (Å²) in [5.41, 5.74) is 4.39. The Morgan fingerprint density at radius 2 is 1.66 bits per heavy atom. The van der Waals surface area contributed by atoms with Gasteiger partial charge in [0.05, 0.1) is 41.0 Å². The quantitative estimate of drug-likeness (QED) is 0.407. The predicted octanol–water partition coefficient (Wildman–Crippen LogP) is 4.25. The average Bonchev–Trinajstić information content (AvgIpc) is 3.23. The zero-order chi connectivity index (χ0) is 25.3. The molecule has 190 valence electrons. The summed E-state index contributed by atoms with van der Waals surface area (Å²) in [5.74, 6) is 1.40. The molecule has 4 aliphatic rings. The van der Waals surface area contributed by atoms with Crippen molar-refractivity contribution in [3.8, 4) is 0 Å². The summed E-state index contributed by atoms with van der Waals surface area (Å²) in [5, 5.41) is 0. The number of carbonyl (C=O) groups is 2. The molecule has 4 rings (SSSR count). The van der Waals surface area contributed by atoms with E-state index in [4.69, 9.17) is 28.4 Å². The molecule has 0 unspecified atom stereocenters. The lowest BCUT2D eigenvalue weighted by atomic mass is 9.71. The van der Waals surface area contributed by atoms with Gasteiger partial charge in [0, 0.05) is 36.3 Å².